The van der Waals surface area contributed by atoms with Gasteiger partial charge in [0.15, 0.2) is 0 Å². The lowest BCUT2D eigenvalue weighted by Gasteiger charge is -2.41. The lowest BCUT2D eigenvalue weighted by atomic mass is 9.79. The number of ether oxygens (including phenoxy) is 2. The van der Waals surface area contributed by atoms with Gasteiger partial charge in [-0.3, -0.25) is 14.4 Å². The Balaban J connectivity index is 1.43. The summed E-state index contributed by atoms with van der Waals surface area (Å²) in [6, 6.07) is 6.78. The molecule has 6 heteroatoms. The molecule has 26 heavy (non-hydrogen) atoms. The number of carbonyl (C=O) groups excluding carboxylic acids is 3. The molecule has 0 bridgehead atoms. The molecule has 0 atom stereocenters. The van der Waals surface area contributed by atoms with Crippen LogP contribution >= 0.6 is 0 Å². The average Bonchev–Trinajstić information content (AvgIpc) is 2.93. The molecule has 0 unspecified atom stereocenters. The third-order valence-electron chi connectivity index (χ3n) is 5.03. The summed E-state index contributed by atoms with van der Waals surface area (Å²) in [4.78, 5) is 36.4. The van der Waals surface area contributed by atoms with Crippen LogP contribution in [0.3, 0.4) is 0 Å². The highest BCUT2D eigenvalue weighted by atomic mass is 16.5. The van der Waals surface area contributed by atoms with Gasteiger partial charge in [-0.1, -0.05) is 19.1 Å². The summed E-state index contributed by atoms with van der Waals surface area (Å²) in [5.41, 5.74) is 1.56. The van der Waals surface area contributed by atoms with Crippen LogP contribution in [0.15, 0.2) is 36.4 Å². The SMILES string of the molecule is CCC1(CCCOC(=O)Cc2ccc(N3C(=O)C=CC3=O)cc2)COC1. The van der Waals surface area contributed by atoms with Crippen LogP contribution in [-0.2, 0) is 30.3 Å². The molecule has 0 radical (unpaired) electrons. The molecule has 0 N–H and O–H groups in total. The molecule has 1 aromatic carbocycles. The van der Waals surface area contributed by atoms with Gasteiger partial charge in [-0.25, -0.2) is 4.90 Å². The van der Waals surface area contributed by atoms with Crippen molar-refractivity contribution in [3.8, 4) is 0 Å². The Hall–Kier alpha value is -2.47. The monoisotopic (exact) mass is 357 g/mol. The highest BCUT2D eigenvalue weighted by molar-refractivity contribution is 6.28. The predicted octanol–water partition coefficient (Wildman–Crippen LogP) is 2.41. The lowest BCUT2D eigenvalue weighted by molar-refractivity contribution is -0.145. The first-order valence-corrected chi connectivity index (χ1v) is 8.91. The number of carbonyl (C=O) groups is 3. The van der Waals surface area contributed by atoms with Gasteiger partial charge in [0.1, 0.15) is 0 Å². The van der Waals surface area contributed by atoms with E-state index in [9.17, 15) is 14.4 Å². The third-order valence-corrected chi connectivity index (χ3v) is 5.03. The van der Waals surface area contributed by atoms with Crippen molar-refractivity contribution >= 4 is 23.5 Å². The zero-order valence-corrected chi connectivity index (χ0v) is 14.9. The minimum absolute atomic E-state index is 0.169. The molecule has 1 fully saturated rings. The van der Waals surface area contributed by atoms with E-state index < -0.39 is 0 Å². The zero-order valence-electron chi connectivity index (χ0n) is 14.9. The molecular formula is C20H23NO5. The Bertz CT molecular complexity index is 695. The second-order valence-corrected chi connectivity index (χ2v) is 6.86. The molecule has 0 saturated carbocycles. The molecule has 2 heterocycles. The normalized spacial score (nSPS) is 18.1. The standard InChI is InChI=1S/C20H23NO5/c1-2-20(13-25-14-20)10-3-11-26-19(24)12-15-4-6-16(7-5-15)21-17(22)8-9-18(21)23/h4-9H,2-3,10-14H2,1H3. The van der Waals surface area contributed by atoms with Crippen LogP contribution in [0.5, 0.6) is 0 Å². The first kappa shape index (κ1) is 18.3. The molecular weight excluding hydrogens is 334 g/mol. The van der Waals surface area contributed by atoms with Gasteiger partial charge in [0.2, 0.25) is 0 Å². The van der Waals surface area contributed by atoms with E-state index in [0.717, 1.165) is 42.9 Å². The summed E-state index contributed by atoms with van der Waals surface area (Å²) in [6.45, 7) is 4.20. The molecule has 138 valence electrons. The van der Waals surface area contributed by atoms with E-state index in [1.165, 1.54) is 12.2 Å². The first-order valence-electron chi connectivity index (χ1n) is 8.91. The molecule has 1 saturated heterocycles. The van der Waals surface area contributed by atoms with Crippen LogP contribution in [0.25, 0.3) is 0 Å². The number of hydrogen-bond acceptors (Lipinski definition) is 5. The van der Waals surface area contributed by atoms with E-state index in [1.54, 1.807) is 24.3 Å². The smallest absolute Gasteiger partial charge is 0.310 e. The van der Waals surface area contributed by atoms with Crippen LogP contribution in [-0.4, -0.2) is 37.6 Å². The fraction of sp³-hybridized carbons (Fsp3) is 0.450. The maximum absolute atomic E-state index is 12.0. The minimum Gasteiger partial charge on any atom is -0.465 e. The number of rotatable bonds is 8. The quantitative estimate of drug-likeness (QED) is 0.406. The van der Waals surface area contributed by atoms with Crippen LogP contribution in [0.4, 0.5) is 5.69 Å². The van der Waals surface area contributed by atoms with E-state index in [-0.39, 0.29) is 29.6 Å². The molecule has 0 spiro atoms. The van der Waals surface area contributed by atoms with Crippen molar-refractivity contribution in [1.29, 1.82) is 0 Å². The van der Waals surface area contributed by atoms with Crippen molar-refractivity contribution in [2.75, 3.05) is 24.7 Å². The number of nitrogens with zero attached hydrogens (tertiary/aromatic N) is 1. The van der Waals surface area contributed by atoms with Crippen molar-refractivity contribution in [2.45, 2.75) is 32.6 Å². The zero-order chi connectivity index (χ0) is 18.6. The fourth-order valence-corrected chi connectivity index (χ4v) is 3.18. The van der Waals surface area contributed by atoms with Gasteiger partial charge in [-0.05, 0) is 37.0 Å². The van der Waals surface area contributed by atoms with E-state index >= 15 is 0 Å². The summed E-state index contributed by atoms with van der Waals surface area (Å²) >= 11 is 0. The highest BCUT2D eigenvalue weighted by Gasteiger charge is 2.35. The lowest BCUT2D eigenvalue weighted by Crippen LogP contribution is -2.42. The van der Waals surface area contributed by atoms with Gasteiger partial charge in [-0.15, -0.1) is 0 Å². The van der Waals surface area contributed by atoms with Crippen LogP contribution in [0.1, 0.15) is 31.7 Å². The number of esters is 1. The van der Waals surface area contributed by atoms with E-state index in [4.69, 9.17) is 9.47 Å². The molecule has 2 aliphatic heterocycles. The van der Waals surface area contributed by atoms with Crippen LogP contribution in [0.2, 0.25) is 0 Å². The molecule has 1 aromatic rings. The minimum atomic E-state index is -0.358. The third kappa shape index (κ3) is 4.02. The topological polar surface area (TPSA) is 72.9 Å². The largest absolute Gasteiger partial charge is 0.465 e. The van der Waals surface area contributed by atoms with Crippen molar-refractivity contribution < 1.29 is 23.9 Å². The summed E-state index contributed by atoms with van der Waals surface area (Å²) in [5.74, 6) is -0.990. The van der Waals surface area contributed by atoms with Gasteiger partial charge in [0.25, 0.3) is 11.8 Å². The summed E-state index contributed by atoms with van der Waals surface area (Å²) < 4.78 is 10.6. The maximum Gasteiger partial charge on any atom is 0.310 e. The highest BCUT2D eigenvalue weighted by Crippen LogP contribution is 2.35. The number of amides is 2. The summed E-state index contributed by atoms with van der Waals surface area (Å²) in [5, 5.41) is 0. The van der Waals surface area contributed by atoms with E-state index in [1.807, 2.05) is 0 Å². The number of anilines is 1. The summed E-state index contributed by atoms with van der Waals surface area (Å²) in [7, 11) is 0. The van der Waals surface area contributed by atoms with E-state index in [0.29, 0.717) is 12.3 Å². The fourth-order valence-electron chi connectivity index (χ4n) is 3.18. The van der Waals surface area contributed by atoms with Crippen molar-refractivity contribution in [3.05, 3.63) is 42.0 Å². The maximum atomic E-state index is 12.0. The van der Waals surface area contributed by atoms with Crippen LogP contribution < -0.4 is 4.90 Å². The Morgan fingerprint density at radius 2 is 1.81 bits per heavy atom. The Morgan fingerprint density at radius 3 is 2.35 bits per heavy atom. The number of benzene rings is 1. The molecule has 2 aliphatic rings. The van der Waals surface area contributed by atoms with Gasteiger partial charge in [-0.2, -0.15) is 0 Å². The van der Waals surface area contributed by atoms with Gasteiger partial charge >= 0.3 is 5.97 Å². The van der Waals surface area contributed by atoms with Crippen molar-refractivity contribution in [1.82, 2.24) is 0 Å². The van der Waals surface area contributed by atoms with Gasteiger partial charge < -0.3 is 9.47 Å². The molecule has 0 aliphatic carbocycles. The Labute approximate surface area is 152 Å². The average molecular weight is 357 g/mol. The Kier molecular flexibility index (Phi) is 5.52. The molecule has 2 amide bonds. The van der Waals surface area contributed by atoms with Gasteiger partial charge in [0.05, 0.1) is 31.9 Å². The predicted molar refractivity (Wildman–Crippen MR) is 95.5 cm³/mol. The van der Waals surface area contributed by atoms with E-state index in [2.05, 4.69) is 6.92 Å². The van der Waals surface area contributed by atoms with Crippen molar-refractivity contribution in [2.24, 2.45) is 5.41 Å². The molecule has 0 aromatic heterocycles. The number of imide groups is 1. The Morgan fingerprint density at radius 1 is 1.15 bits per heavy atom. The van der Waals surface area contributed by atoms with Crippen molar-refractivity contribution in [3.63, 3.8) is 0 Å². The second-order valence-electron chi connectivity index (χ2n) is 6.86. The number of hydrogen-bond donors (Lipinski definition) is 0. The summed E-state index contributed by atoms with van der Waals surface area (Å²) in [6.07, 6.45) is 5.59. The first-order chi connectivity index (χ1) is 12.5. The van der Waals surface area contributed by atoms with Crippen LogP contribution in [0, 0.1) is 5.41 Å². The molecule has 6 nitrogen and oxygen atoms in total. The van der Waals surface area contributed by atoms with Gasteiger partial charge in [0, 0.05) is 17.6 Å². The molecule has 3 rings (SSSR count). The second kappa shape index (κ2) is 7.83.